The van der Waals surface area contributed by atoms with Gasteiger partial charge in [0.05, 0.1) is 17.3 Å². The van der Waals surface area contributed by atoms with E-state index >= 15 is 0 Å². The van der Waals surface area contributed by atoms with Crippen molar-refractivity contribution < 1.29 is 9.47 Å². The molecule has 0 saturated heterocycles. The fourth-order valence-corrected chi connectivity index (χ4v) is 1.98. The molecule has 0 fully saturated rings. The van der Waals surface area contributed by atoms with Crippen molar-refractivity contribution in [3.63, 3.8) is 0 Å². The molecule has 2 aromatic carbocycles. The predicted octanol–water partition coefficient (Wildman–Crippen LogP) is 4.23. The summed E-state index contributed by atoms with van der Waals surface area (Å²) in [7, 11) is 0. The Labute approximate surface area is 124 Å². The second kappa shape index (κ2) is 7.65. The predicted molar refractivity (Wildman–Crippen MR) is 83.0 cm³/mol. The standard InChI is InChI=1S/C16H18ClNO2/c1-2-19-13-6-5-7-14(12-13)20-11-10-18-16-9-4-3-8-15(16)17/h3-9,12,18H,2,10-11H2,1H3. The molecule has 0 spiro atoms. The first-order chi connectivity index (χ1) is 9.79. The van der Waals surface area contributed by atoms with E-state index in [9.17, 15) is 0 Å². The summed E-state index contributed by atoms with van der Waals surface area (Å²) in [5, 5.41) is 3.95. The van der Waals surface area contributed by atoms with Crippen LogP contribution < -0.4 is 14.8 Å². The highest BCUT2D eigenvalue weighted by molar-refractivity contribution is 6.33. The fraction of sp³-hybridized carbons (Fsp3) is 0.250. The van der Waals surface area contributed by atoms with Gasteiger partial charge in [0.15, 0.2) is 0 Å². The molecule has 0 radical (unpaired) electrons. The highest BCUT2D eigenvalue weighted by atomic mass is 35.5. The molecule has 20 heavy (non-hydrogen) atoms. The van der Waals surface area contributed by atoms with Crippen molar-refractivity contribution in [1.29, 1.82) is 0 Å². The summed E-state index contributed by atoms with van der Waals surface area (Å²) < 4.78 is 11.1. The third-order valence-electron chi connectivity index (χ3n) is 2.68. The van der Waals surface area contributed by atoms with E-state index in [4.69, 9.17) is 21.1 Å². The Balaban J connectivity index is 1.78. The Morgan fingerprint density at radius 3 is 2.50 bits per heavy atom. The first-order valence-corrected chi connectivity index (χ1v) is 7.01. The van der Waals surface area contributed by atoms with Gasteiger partial charge in [0.25, 0.3) is 0 Å². The maximum atomic E-state index is 6.06. The van der Waals surface area contributed by atoms with Crippen LogP contribution in [0, 0.1) is 0 Å². The van der Waals surface area contributed by atoms with Gasteiger partial charge in [0.2, 0.25) is 0 Å². The molecule has 0 saturated carbocycles. The van der Waals surface area contributed by atoms with Gasteiger partial charge < -0.3 is 14.8 Å². The van der Waals surface area contributed by atoms with E-state index in [2.05, 4.69) is 5.32 Å². The molecule has 2 aromatic rings. The average Bonchev–Trinajstić information content (AvgIpc) is 2.46. The number of benzene rings is 2. The maximum Gasteiger partial charge on any atom is 0.123 e. The molecule has 0 aliphatic rings. The Morgan fingerprint density at radius 1 is 1.00 bits per heavy atom. The summed E-state index contributed by atoms with van der Waals surface area (Å²) in [5.74, 6) is 1.63. The summed E-state index contributed by atoms with van der Waals surface area (Å²) in [6, 6.07) is 15.3. The molecule has 0 bridgehead atoms. The van der Waals surface area contributed by atoms with Gasteiger partial charge in [-0.2, -0.15) is 0 Å². The first kappa shape index (κ1) is 14.5. The minimum Gasteiger partial charge on any atom is -0.494 e. The second-order valence-corrected chi connectivity index (χ2v) is 4.57. The number of ether oxygens (including phenoxy) is 2. The van der Waals surface area contributed by atoms with Gasteiger partial charge in [0, 0.05) is 12.6 Å². The van der Waals surface area contributed by atoms with Gasteiger partial charge in [-0.1, -0.05) is 29.8 Å². The van der Waals surface area contributed by atoms with Crippen LogP contribution in [-0.2, 0) is 0 Å². The van der Waals surface area contributed by atoms with E-state index in [0.29, 0.717) is 24.8 Å². The van der Waals surface area contributed by atoms with Gasteiger partial charge in [-0.05, 0) is 31.2 Å². The van der Waals surface area contributed by atoms with Crippen molar-refractivity contribution in [1.82, 2.24) is 0 Å². The fourth-order valence-electron chi connectivity index (χ4n) is 1.78. The monoisotopic (exact) mass is 291 g/mol. The zero-order valence-electron chi connectivity index (χ0n) is 11.4. The van der Waals surface area contributed by atoms with Crippen LogP contribution >= 0.6 is 11.6 Å². The van der Waals surface area contributed by atoms with Crippen LogP contribution in [-0.4, -0.2) is 19.8 Å². The summed E-state index contributed by atoms with van der Waals surface area (Å²) in [6.45, 7) is 3.85. The summed E-state index contributed by atoms with van der Waals surface area (Å²) in [6.07, 6.45) is 0. The molecule has 0 amide bonds. The van der Waals surface area contributed by atoms with E-state index in [1.54, 1.807) is 0 Å². The topological polar surface area (TPSA) is 30.5 Å². The van der Waals surface area contributed by atoms with Gasteiger partial charge in [-0.3, -0.25) is 0 Å². The molecule has 0 aliphatic carbocycles. The lowest BCUT2D eigenvalue weighted by molar-refractivity contribution is 0.319. The molecular formula is C16H18ClNO2. The third kappa shape index (κ3) is 4.35. The van der Waals surface area contributed by atoms with Crippen LogP contribution in [0.25, 0.3) is 0 Å². The van der Waals surface area contributed by atoms with Crippen LogP contribution in [0.5, 0.6) is 11.5 Å². The lowest BCUT2D eigenvalue weighted by atomic mass is 10.3. The summed E-state index contributed by atoms with van der Waals surface area (Å²) >= 11 is 6.06. The molecule has 1 N–H and O–H groups in total. The van der Waals surface area contributed by atoms with Crippen LogP contribution in [0.4, 0.5) is 5.69 Å². The van der Waals surface area contributed by atoms with Crippen LogP contribution in [0.1, 0.15) is 6.92 Å². The van der Waals surface area contributed by atoms with Crippen molar-refractivity contribution in [3.8, 4) is 11.5 Å². The third-order valence-corrected chi connectivity index (χ3v) is 3.01. The average molecular weight is 292 g/mol. The second-order valence-electron chi connectivity index (χ2n) is 4.16. The van der Waals surface area contributed by atoms with Gasteiger partial charge in [0.1, 0.15) is 18.1 Å². The van der Waals surface area contributed by atoms with Crippen LogP contribution in [0.2, 0.25) is 5.02 Å². The van der Waals surface area contributed by atoms with Crippen LogP contribution in [0.3, 0.4) is 0 Å². The van der Waals surface area contributed by atoms with E-state index in [-0.39, 0.29) is 0 Å². The Bertz CT molecular complexity index is 546. The van der Waals surface area contributed by atoms with Crippen molar-refractivity contribution in [2.45, 2.75) is 6.92 Å². The highest BCUT2D eigenvalue weighted by Crippen LogP contribution is 2.21. The smallest absolute Gasteiger partial charge is 0.123 e. The first-order valence-electron chi connectivity index (χ1n) is 6.63. The van der Waals surface area contributed by atoms with Gasteiger partial charge in [-0.15, -0.1) is 0 Å². The lowest BCUT2D eigenvalue weighted by Crippen LogP contribution is -2.11. The normalized spacial score (nSPS) is 10.1. The summed E-state index contributed by atoms with van der Waals surface area (Å²) in [4.78, 5) is 0. The molecule has 0 aromatic heterocycles. The Morgan fingerprint density at radius 2 is 1.75 bits per heavy atom. The molecular weight excluding hydrogens is 274 g/mol. The molecule has 0 aliphatic heterocycles. The molecule has 0 unspecified atom stereocenters. The Kier molecular flexibility index (Phi) is 5.56. The lowest BCUT2D eigenvalue weighted by Gasteiger charge is -2.10. The van der Waals surface area contributed by atoms with E-state index in [1.807, 2.05) is 55.5 Å². The van der Waals surface area contributed by atoms with E-state index in [1.165, 1.54) is 0 Å². The molecule has 4 heteroatoms. The Hall–Kier alpha value is -1.87. The van der Waals surface area contributed by atoms with E-state index < -0.39 is 0 Å². The molecule has 2 rings (SSSR count). The molecule has 0 atom stereocenters. The number of anilines is 1. The number of nitrogens with one attached hydrogen (secondary N) is 1. The SMILES string of the molecule is CCOc1cccc(OCCNc2ccccc2Cl)c1. The largest absolute Gasteiger partial charge is 0.494 e. The minimum atomic E-state index is 0.556. The van der Waals surface area contributed by atoms with Gasteiger partial charge >= 0.3 is 0 Å². The van der Waals surface area contributed by atoms with Crippen molar-refractivity contribution >= 4 is 17.3 Å². The van der Waals surface area contributed by atoms with E-state index in [0.717, 1.165) is 17.2 Å². The number of rotatable bonds is 7. The zero-order chi connectivity index (χ0) is 14.2. The van der Waals surface area contributed by atoms with Crippen LogP contribution in [0.15, 0.2) is 48.5 Å². The summed E-state index contributed by atoms with van der Waals surface area (Å²) in [5.41, 5.74) is 0.917. The number of halogens is 1. The maximum absolute atomic E-state index is 6.06. The van der Waals surface area contributed by atoms with Crippen molar-refractivity contribution in [3.05, 3.63) is 53.6 Å². The molecule has 106 valence electrons. The number of para-hydroxylation sites is 1. The van der Waals surface area contributed by atoms with Crippen molar-refractivity contribution in [2.24, 2.45) is 0 Å². The van der Waals surface area contributed by atoms with Gasteiger partial charge in [-0.25, -0.2) is 0 Å². The molecule has 0 heterocycles. The minimum absolute atomic E-state index is 0.556. The zero-order valence-corrected chi connectivity index (χ0v) is 12.2. The quantitative estimate of drug-likeness (QED) is 0.774. The number of hydrogen-bond donors (Lipinski definition) is 1. The number of hydrogen-bond acceptors (Lipinski definition) is 3. The highest BCUT2D eigenvalue weighted by Gasteiger charge is 1.99. The molecule has 3 nitrogen and oxygen atoms in total. The van der Waals surface area contributed by atoms with Crippen molar-refractivity contribution in [2.75, 3.05) is 25.1 Å².